The maximum Gasteiger partial charge on any atom is 0.408 e. The Labute approximate surface area is 225 Å². The van der Waals surface area contributed by atoms with Gasteiger partial charge in [-0.1, -0.05) is 62.4 Å². The fraction of sp³-hybridized carbons (Fsp3) is 0.241. The normalized spacial score (nSPS) is 11.7. The number of alkyl carbamates (subject to hydrolysis) is 1. The summed E-state index contributed by atoms with van der Waals surface area (Å²) in [6.07, 6.45) is 1.31. The number of thiophene rings is 1. The van der Waals surface area contributed by atoms with E-state index in [9.17, 15) is 14.4 Å². The first-order valence-electron chi connectivity index (χ1n) is 12.3. The van der Waals surface area contributed by atoms with E-state index < -0.39 is 23.9 Å². The summed E-state index contributed by atoms with van der Waals surface area (Å²) in [7, 11) is 0. The molecule has 0 saturated heterocycles. The molecular formula is C29H30N4O4S. The van der Waals surface area contributed by atoms with E-state index in [1.54, 1.807) is 23.7 Å². The molecule has 1 atom stereocenters. The van der Waals surface area contributed by atoms with Gasteiger partial charge in [-0.05, 0) is 47.7 Å². The van der Waals surface area contributed by atoms with Gasteiger partial charge in [0.05, 0.1) is 5.56 Å². The van der Waals surface area contributed by atoms with Gasteiger partial charge < -0.3 is 10.1 Å². The monoisotopic (exact) mass is 530 g/mol. The second-order valence-corrected chi connectivity index (χ2v) is 10.2. The molecule has 2 aromatic heterocycles. The number of ether oxygens (including phenoxy) is 1. The summed E-state index contributed by atoms with van der Waals surface area (Å²) >= 11 is 1.46. The number of carbonyl (C=O) groups is 3. The fourth-order valence-corrected chi connectivity index (χ4v) is 4.94. The van der Waals surface area contributed by atoms with Crippen molar-refractivity contribution in [2.75, 3.05) is 0 Å². The largest absolute Gasteiger partial charge is 0.445 e. The number of rotatable bonds is 8. The lowest BCUT2D eigenvalue weighted by Crippen LogP contribution is -2.52. The average Bonchev–Trinajstić information content (AvgIpc) is 3.40. The van der Waals surface area contributed by atoms with E-state index in [0.717, 1.165) is 32.5 Å². The van der Waals surface area contributed by atoms with Crippen LogP contribution in [0.4, 0.5) is 4.79 Å². The molecule has 4 aromatic rings. The number of aryl methyl sites for hydroxylation is 1. The fourth-order valence-electron chi connectivity index (χ4n) is 4.01. The Hall–Kier alpha value is -4.24. The number of amides is 3. The number of benzene rings is 2. The Morgan fingerprint density at radius 3 is 2.58 bits per heavy atom. The van der Waals surface area contributed by atoms with Gasteiger partial charge in [0, 0.05) is 27.7 Å². The molecule has 3 N–H and O–H groups in total. The molecule has 0 spiro atoms. The lowest BCUT2D eigenvalue weighted by Gasteiger charge is -2.20. The van der Waals surface area contributed by atoms with Gasteiger partial charge in [-0.15, -0.1) is 11.3 Å². The molecule has 0 aliphatic carbocycles. The van der Waals surface area contributed by atoms with Crippen LogP contribution in [0.5, 0.6) is 0 Å². The van der Waals surface area contributed by atoms with Crippen molar-refractivity contribution in [3.05, 3.63) is 89.1 Å². The number of carbonyl (C=O) groups excluding carboxylic acids is 3. The van der Waals surface area contributed by atoms with Crippen LogP contribution in [0, 0.1) is 12.8 Å². The highest BCUT2D eigenvalue weighted by Crippen LogP contribution is 2.33. The average molecular weight is 531 g/mol. The van der Waals surface area contributed by atoms with Crippen LogP contribution in [0.15, 0.2) is 72.2 Å². The lowest BCUT2D eigenvalue weighted by atomic mass is 10.0. The Morgan fingerprint density at radius 1 is 1.00 bits per heavy atom. The second kappa shape index (κ2) is 12.3. The molecule has 3 amide bonds. The number of aromatic nitrogens is 1. The van der Waals surface area contributed by atoms with E-state index in [0.29, 0.717) is 12.0 Å². The number of nitrogens with zero attached hydrogens (tertiary/aromatic N) is 1. The maximum atomic E-state index is 12.8. The molecule has 0 bridgehead atoms. The molecule has 0 saturated carbocycles. The molecule has 196 valence electrons. The molecule has 0 fully saturated rings. The molecule has 2 aromatic carbocycles. The van der Waals surface area contributed by atoms with E-state index in [1.165, 1.54) is 11.3 Å². The number of pyridine rings is 1. The van der Waals surface area contributed by atoms with Crippen molar-refractivity contribution in [3.63, 3.8) is 0 Å². The van der Waals surface area contributed by atoms with Gasteiger partial charge in [-0.2, -0.15) is 0 Å². The Morgan fingerprint density at radius 2 is 1.79 bits per heavy atom. The van der Waals surface area contributed by atoms with E-state index in [-0.39, 0.29) is 12.5 Å². The summed E-state index contributed by atoms with van der Waals surface area (Å²) in [4.78, 5) is 43.1. The van der Waals surface area contributed by atoms with Crippen LogP contribution in [-0.2, 0) is 16.1 Å². The van der Waals surface area contributed by atoms with Crippen molar-refractivity contribution in [1.29, 1.82) is 0 Å². The van der Waals surface area contributed by atoms with Gasteiger partial charge in [0.25, 0.3) is 11.8 Å². The van der Waals surface area contributed by atoms with Crippen molar-refractivity contribution in [2.24, 2.45) is 5.92 Å². The van der Waals surface area contributed by atoms with Crippen molar-refractivity contribution in [1.82, 2.24) is 21.2 Å². The minimum absolute atomic E-state index is 0.0372. The number of hydrazine groups is 1. The summed E-state index contributed by atoms with van der Waals surface area (Å²) < 4.78 is 5.29. The minimum Gasteiger partial charge on any atom is -0.445 e. The third-order valence-corrected chi connectivity index (χ3v) is 6.97. The summed E-state index contributed by atoms with van der Waals surface area (Å²) in [6, 6.07) is 18.6. The van der Waals surface area contributed by atoms with Crippen molar-refractivity contribution in [3.8, 4) is 10.4 Å². The molecule has 0 radical (unpaired) electrons. The molecule has 0 aliphatic heterocycles. The standard InChI is InChI=1S/C29H30N4O4S/c1-18(2)14-25(31-29(36)37-16-21-10-7-13-30-19(21)3)28(35)33-32-27(34)22-15-26(38-17-22)24-12-6-9-20-8-4-5-11-23(20)24/h4-13,15,17-18,25H,14,16H2,1-3H3,(H,31,36)(H,32,34)(H,33,35)/t25-/m0/s1. The first-order valence-corrected chi connectivity index (χ1v) is 13.2. The molecule has 38 heavy (non-hydrogen) atoms. The first kappa shape index (κ1) is 26.8. The molecule has 8 nitrogen and oxygen atoms in total. The predicted octanol–water partition coefficient (Wildman–Crippen LogP) is 5.37. The predicted molar refractivity (Wildman–Crippen MR) is 148 cm³/mol. The lowest BCUT2D eigenvalue weighted by molar-refractivity contribution is -0.124. The van der Waals surface area contributed by atoms with Gasteiger partial charge in [0.2, 0.25) is 0 Å². The molecular weight excluding hydrogens is 500 g/mol. The number of hydrogen-bond acceptors (Lipinski definition) is 6. The smallest absolute Gasteiger partial charge is 0.408 e. The van der Waals surface area contributed by atoms with Gasteiger partial charge >= 0.3 is 6.09 Å². The zero-order valence-corrected chi connectivity index (χ0v) is 22.3. The van der Waals surface area contributed by atoms with Gasteiger partial charge in [0.1, 0.15) is 12.6 Å². The van der Waals surface area contributed by atoms with E-state index >= 15 is 0 Å². The van der Waals surface area contributed by atoms with E-state index in [2.05, 4.69) is 27.2 Å². The van der Waals surface area contributed by atoms with Crippen LogP contribution < -0.4 is 16.2 Å². The first-order chi connectivity index (χ1) is 18.3. The van der Waals surface area contributed by atoms with Crippen LogP contribution in [0.2, 0.25) is 0 Å². The van der Waals surface area contributed by atoms with Crippen LogP contribution in [0.25, 0.3) is 21.2 Å². The Balaban J connectivity index is 1.35. The van der Waals surface area contributed by atoms with Crippen LogP contribution >= 0.6 is 11.3 Å². The number of hydrogen-bond donors (Lipinski definition) is 3. The molecule has 4 rings (SSSR count). The summed E-state index contributed by atoms with van der Waals surface area (Å²) in [5, 5.41) is 6.57. The SMILES string of the molecule is Cc1ncccc1COC(=O)N[C@@H](CC(C)C)C(=O)NNC(=O)c1csc(-c2cccc3ccccc23)c1. The van der Waals surface area contributed by atoms with E-state index in [1.807, 2.05) is 63.2 Å². The van der Waals surface area contributed by atoms with Crippen LogP contribution in [0.3, 0.4) is 0 Å². The van der Waals surface area contributed by atoms with E-state index in [4.69, 9.17) is 4.74 Å². The minimum atomic E-state index is -0.883. The molecule has 0 unspecified atom stereocenters. The van der Waals surface area contributed by atoms with Crippen molar-refractivity contribution < 1.29 is 19.1 Å². The highest BCUT2D eigenvalue weighted by Gasteiger charge is 2.23. The molecule has 0 aliphatic rings. The van der Waals surface area contributed by atoms with Crippen LogP contribution in [0.1, 0.15) is 41.9 Å². The zero-order valence-electron chi connectivity index (χ0n) is 21.5. The summed E-state index contributed by atoms with van der Waals surface area (Å²) in [5.74, 6) is -0.868. The Bertz CT molecular complexity index is 1440. The highest BCUT2D eigenvalue weighted by molar-refractivity contribution is 7.14. The van der Waals surface area contributed by atoms with Gasteiger partial charge in [0.15, 0.2) is 0 Å². The van der Waals surface area contributed by atoms with Gasteiger partial charge in [-0.25, -0.2) is 4.79 Å². The van der Waals surface area contributed by atoms with Crippen molar-refractivity contribution in [2.45, 2.75) is 39.8 Å². The summed E-state index contributed by atoms with van der Waals surface area (Å²) in [6.45, 7) is 5.73. The quantitative estimate of drug-likeness (QED) is 0.265. The Kier molecular flexibility index (Phi) is 8.70. The van der Waals surface area contributed by atoms with Gasteiger partial charge in [-0.3, -0.25) is 25.4 Å². The number of nitrogens with one attached hydrogen (secondary N) is 3. The third-order valence-electron chi connectivity index (χ3n) is 6.01. The second-order valence-electron chi connectivity index (χ2n) is 9.32. The maximum absolute atomic E-state index is 12.8. The topological polar surface area (TPSA) is 109 Å². The van der Waals surface area contributed by atoms with Crippen LogP contribution in [-0.4, -0.2) is 28.9 Å². The summed E-state index contributed by atoms with van der Waals surface area (Å²) in [5.41, 5.74) is 7.90. The highest BCUT2D eigenvalue weighted by atomic mass is 32.1. The molecule has 2 heterocycles. The molecule has 9 heteroatoms. The van der Waals surface area contributed by atoms with Crippen molar-refractivity contribution >= 4 is 40.0 Å². The number of fused-ring (bicyclic) bond motifs is 1. The third kappa shape index (κ3) is 6.74. The zero-order chi connectivity index (χ0) is 27.1.